The lowest BCUT2D eigenvalue weighted by Gasteiger charge is -2.20. The zero-order chi connectivity index (χ0) is 14.4. The average molecular weight is 285 g/mol. The molecule has 0 bridgehead atoms. The summed E-state index contributed by atoms with van der Waals surface area (Å²) in [7, 11) is 0. The molecule has 1 unspecified atom stereocenters. The first-order valence-corrected chi connectivity index (χ1v) is 6.72. The van der Waals surface area contributed by atoms with E-state index in [0.29, 0.717) is 11.6 Å². The van der Waals surface area contributed by atoms with E-state index < -0.39 is 12.8 Å². The van der Waals surface area contributed by atoms with Gasteiger partial charge in [-0.3, -0.25) is 0 Å². The van der Waals surface area contributed by atoms with Crippen LogP contribution in [0.3, 0.4) is 0 Å². The molecule has 1 aliphatic rings. The summed E-state index contributed by atoms with van der Waals surface area (Å²) in [6.45, 7) is -0.519. The molecule has 0 aliphatic heterocycles. The summed E-state index contributed by atoms with van der Waals surface area (Å²) in [5.41, 5.74) is 0.617. The zero-order valence-corrected chi connectivity index (χ0v) is 11.1. The molecule has 0 saturated carbocycles. The smallest absolute Gasteiger partial charge is 0.422 e. The van der Waals surface area contributed by atoms with Gasteiger partial charge < -0.3 is 10.1 Å². The summed E-state index contributed by atoms with van der Waals surface area (Å²) in [5, 5.41) is 3.19. The van der Waals surface area contributed by atoms with Crippen molar-refractivity contribution in [3.63, 3.8) is 0 Å². The van der Waals surface area contributed by atoms with Crippen LogP contribution >= 0.6 is 0 Å². The molecule has 0 aromatic heterocycles. The van der Waals surface area contributed by atoms with Crippen molar-refractivity contribution < 1.29 is 17.9 Å². The normalized spacial score (nSPS) is 18.9. The second-order valence-electron chi connectivity index (χ2n) is 4.93. The maximum Gasteiger partial charge on any atom is 0.422 e. The van der Waals surface area contributed by atoms with E-state index in [4.69, 9.17) is 4.74 Å². The minimum Gasteiger partial charge on any atom is -0.482 e. The largest absolute Gasteiger partial charge is 0.482 e. The molecule has 0 spiro atoms. The third-order valence-electron chi connectivity index (χ3n) is 3.24. The highest BCUT2D eigenvalue weighted by Crippen LogP contribution is 2.27. The van der Waals surface area contributed by atoms with Crippen LogP contribution in [0.1, 0.15) is 19.3 Å². The van der Waals surface area contributed by atoms with Crippen molar-refractivity contribution in [2.24, 2.45) is 5.92 Å². The van der Waals surface area contributed by atoms with Crippen molar-refractivity contribution in [2.75, 3.05) is 18.5 Å². The molecule has 1 atom stereocenters. The Morgan fingerprint density at radius 3 is 2.70 bits per heavy atom. The van der Waals surface area contributed by atoms with Crippen LogP contribution in [0.4, 0.5) is 18.9 Å². The van der Waals surface area contributed by atoms with Crippen LogP contribution in [0.15, 0.2) is 36.4 Å². The summed E-state index contributed by atoms with van der Waals surface area (Å²) in [4.78, 5) is 0. The summed E-state index contributed by atoms with van der Waals surface area (Å²) < 4.78 is 41.4. The van der Waals surface area contributed by atoms with Crippen molar-refractivity contribution in [3.05, 3.63) is 36.4 Å². The number of rotatable bonds is 5. The minimum absolute atomic E-state index is 0.246. The van der Waals surface area contributed by atoms with E-state index in [1.165, 1.54) is 0 Å². The first-order chi connectivity index (χ1) is 9.54. The highest BCUT2D eigenvalue weighted by molar-refractivity contribution is 5.56. The fraction of sp³-hybridized carbons (Fsp3) is 0.467. The van der Waals surface area contributed by atoms with Gasteiger partial charge in [0, 0.05) is 6.54 Å². The molecule has 0 heterocycles. The lowest BCUT2D eigenvalue weighted by Crippen LogP contribution is -2.20. The number of alkyl halides is 3. The molecule has 1 N–H and O–H groups in total. The van der Waals surface area contributed by atoms with E-state index >= 15 is 0 Å². The van der Waals surface area contributed by atoms with E-state index in [9.17, 15) is 13.2 Å². The summed E-state index contributed by atoms with van der Waals surface area (Å²) in [6, 6.07) is 6.74. The van der Waals surface area contributed by atoms with Gasteiger partial charge in [0.15, 0.2) is 6.61 Å². The van der Waals surface area contributed by atoms with Crippen LogP contribution in [0.5, 0.6) is 5.75 Å². The van der Waals surface area contributed by atoms with Crippen LogP contribution in [-0.4, -0.2) is 19.3 Å². The minimum atomic E-state index is -4.32. The van der Waals surface area contributed by atoms with Crippen molar-refractivity contribution in [2.45, 2.75) is 25.4 Å². The number of hydrogen-bond donors (Lipinski definition) is 1. The molecule has 110 valence electrons. The van der Waals surface area contributed by atoms with Crippen LogP contribution in [0.2, 0.25) is 0 Å². The summed E-state index contributed by atoms with van der Waals surface area (Å²) >= 11 is 0. The van der Waals surface area contributed by atoms with Gasteiger partial charge in [-0.05, 0) is 37.3 Å². The third kappa shape index (κ3) is 4.79. The Balaban J connectivity index is 1.91. The fourth-order valence-corrected chi connectivity index (χ4v) is 2.19. The van der Waals surface area contributed by atoms with Crippen molar-refractivity contribution in [1.29, 1.82) is 0 Å². The van der Waals surface area contributed by atoms with Crippen molar-refractivity contribution in [3.8, 4) is 5.75 Å². The number of nitrogens with one attached hydrogen (secondary N) is 1. The molecule has 2 nitrogen and oxygen atoms in total. The second kappa shape index (κ2) is 6.68. The average Bonchev–Trinajstić information content (AvgIpc) is 2.44. The lowest BCUT2D eigenvalue weighted by atomic mass is 9.94. The summed E-state index contributed by atoms with van der Waals surface area (Å²) in [6.07, 6.45) is 3.19. The maximum absolute atomic E-state index is 12.2. The molecule has 0 fully saturated rings. The number of ether oxygens (including phenoxy) is 1. The summed E-state index contributed by atoms with van der Waals surface area (Å²) in [5.74, 6) is 0.770. The quantitative estimate of drug-likeness (QED) is 0.810. The molecule has 0 amide bonds. The Hall–Kier alpha value is -1.65. The molecule has 0 saturated heterocycles. The van der Waals surface area contributed by atoms with Gasteiger partial charge >= 0.3 is 6.18 Å². The standard InChI is InChI=1S/C15H18F3NO/c16-15(17,18)11-20-14-9-5-4-8-13(14)19-10-12-6-2-1-3-7-12/h1-2,4-5,8-9,12,19H,3,6-7,10-11H2. The Morgan fingerprint density at radius 1 is 1.20 bits per heavy atom. The van der Waals surface area contributed by atoms with Gasteiger partial charge in [0.1, 0.15) is 5.75 Å². The first-order valence-electron chi connectivity index (χ1n) is 6.72. The number of hydrogen-bond acceptors (Lipinski definition) is 2. The van der Waals surface area contributed by atoms with Crippen LogP contribution in [0.25, 0.3) is 0 Å². The third-order valence-corrected chi connectivity index (χ3v) is 3.24. The van der Waals surface area contributed by atoms with Crippen LogP contribution in [0, 0.1) is 5.92 Å². The molecule has 0 radical (unpaired) electrons. The number of benzene rings is 1. The number of anilines is 1. The predicted octanol–water partition coefficient (Wildman–Crippen LogP) is 4.40. The van der Waals surface area contributed by atoms with Crippen LogP contribution < -0.4 is 10.1 Å². The molecule has 1 aromatic carbocycles. The molecule has 1 aliphatic carbocycles. The van der Waals surface area contributed by atoms with Crippen LogP contribution in [-0.2, 0) is 0 Å². The predicted molar refractivity (Wildman–Crippen MR) is 73.0 cm³/mol. The Kier molecular flexibility index (Phi) is 4.93. The van der Waals surface area contributed by atoms with Crippen molar-refractivity contribution >= 4 is 5.69 Å². The Labute approximate surface area is 116 Å². The maximum atomic E-state index is 12.2. The monoisotopic (exact) mass is 285 g/mol. The molecular weight excluding hydrogens is 267 g/mol. The SMILES string of the molecule is FC(F)(F)COc1ccccc1NCC1CC=CCC1. The highest BCUT2D eigenvalue weighted by Gasteiger charge is 2.28. The number of allylic oxidation sites excluding steroid dienone is 2. The number of halogens is 3. The van der Waals surface area contributed by atoms with Gasteiger partial charge in [0.05, 0.1) is 5.69 Å². The molecule has 5 heteroatoms. The van der Waals surface area contributed by atoms with E-state index in [2.05, 4.69) is 17.5 Å². The molecule has 20 heavy (non-hydrogen) atoms. The van der Waals surface area contributed by atoms with Gasteiger partial charge in [-0.15, -0.1) is 0 Å². The molecular formula is C15H18F3NO. The van der Waals surface area contributed by atoms with Gasteiger partial charge in [0.25, 0.3) is 0 Å². The van der Waals surface area contributed by atoms with Crippen molar-refractivity contribution in [1.82, 2.24) is 0 Å². The van der Waals surface area contributed by atoms with Gasteiger partial charge in [-0.1, -0.05) is 24.3 Å². The first kappa shape index (κ1) is 14.8. The van der Waals surface area contributed by atoms with E-state index in [1.54, 1.807) is 24.3 Å². The topological polar surface area (TPSA) is 21.3 Å². The Bertz CT molecular complexity index is 457. The fourth-order valence-electron chi connectivity index (χ4n) is 2.19. The van der Waals surface area contributed by atoms with Gasteiger partial charge in [-0.25, -0.2) is 0 Å². The highest BCUT2D eigenvalue weighted by atomic mass is 19.4. The molecule has 2 rings (SSSR count). The van der Waals surface area contributed by atoms with E-state index in [-0.39, 0.29) is 5.75 Å². The Morgan fingerprint density at radius 2 is 2.00 bits per heavy atom. The van der Waals surface area contributed by atoms with Gasteiger partial charge in [0.2, 0.25) is 0 Å². The lowest BCUT2D eigenvalue weighted by molar-refractivity contribution is -0.153. The zero-order valence-electron chi connectivity index (χ0n) is 11.1. The van der Waals surface area contributed by atoms with E-state index in [0.717, 1.165) is 25.8 Å². The number of para-hydroxylation sites is 2. The second-order valence-corrected chi connectivity index (χ2v) is 4.93. The van der Waals surface area contributed by atoms with E-state index in [1.807, 2.05) is 0 Å². The van der Waals surface area contributed by atoms with Gasteiger partial charge in [-0.2, -0.15) is 13.2 Å². The molecule has 1 aromatic rings.